The van der Waals surface area contributed by atoms with Gasteiger partial charge in [0.15, 0.2) is 11.6 Å². The zero-order valence-electron chi connectivity index (χ0n) is 16.2. The molecule has 5 N–H and O–H groups in total. The van der Waals surface area contributed by atoms with Crippen LogP contribution in [0, 0.1) is 11.6 Å². The standard InChI is InChI=1S/C20H20BrF2N5O3/c21-10-6-28(20-15(10)19(24)26-7-27-20)12-4-14(18(30)17(12)29)31-13-3-11(22)16(23)8-1-2-25-5-9(8)13/h3,6-7,12,14,17-18,25,29-30H,1-2,4-5H2,(H2,24,26,27)/t12?,14?,17-,18+/m0/s1. The van der Waals surface area contributed by atoms with Gasteiger partial charge in [-0.15, -0.1) is 0 Å². The van der Waals surface area contributed by atoms with Crippen LogP contribution in [-0.4, -0.2) is 49.6 Å². The van der Waals surface area contributed by atoms with Gasteiger partial charge in [-0.1, -0.05) is 0 Å². The minimum atomic E-state index is -1.24. The van der Waals surface area contributed by atoms with Gasteiger partial charge >= 0.3 is 0 Å². The monoisotopic (exact) mass is 495 g/mol. The zero-order valence-corrected chi connectivity index (χ0v) is 17.8. The van der Waals surface area contributed by atoms with Crippen molar-refractivity contribution >= 4 is 32.8 Å². The number of nitrogens with two attached hydrogens (primary N) is 1. The molecule has 164 valence electrons. The fraction of sp³-hybridized carbons (Fsp3) is 0.400. The molecule has 2 unspecified atom stereocenters. The first-order chi connectivity index (χ1) is 14.9. The Morgan fingerprint density at radius 3 is 2.84 bits per heavy atom. The third kappa shape index (κ3) is 3.27. The van der Waals surface area contributed by atoms with Crippen molar-refractivity contribution in [2.75, 3.05) is 12.3 Å². The van der Waals surface area contributed by atoms with Crippen LogP contribution < -0.4 is 15.8 Å². The summed E-state index contributed by atoms with van der Waals surface area (Å²) in [4.78, 5) is 8.25. The molecule has 2 aromatic heterocycles. The average molecular weight is 496 g/mol. The van der Waals surface area contributed by atoms with Crippen LogP contribution in [-0.2, 0) is 13.0 Å². The smallest absolute Gasteiger partial charge is 0.162 e. The zero-order chi connectivity index (χ0) is 21.9. The van der Waals surface area contributed by atoms with Crippen molar-refractivity contribution in [3.05, 3.63) is 45.8 Å². The van der Waals surface area contributed by atoms with E-state index in [-0.39, 0.29) is 23.6 Å². The van der Waals surface area contributed by atoms with Gasteiger partial charge < -0.3 is 30.6 Å². The predicted molar refractivity (Wildman–Crippen MR) is 111 cm³/mol. The molecule has 4 atom stereocenters. The number of nitrogens with one attached hydrogen (secondary N) is 1. The highest BCUT2D eigenvalue weighted by atomic mass is 79.9. The highest BCUT2D eigenvalue weighted by Gasteiger charge is 2.45. The summed E-state index contributed by atoms with van der Waals surface area (Å²) in [5.74, 6) is -1.40. The lowest BCUT2D eigenvalue weighted by molar-refractivity contribution is -0.0167. The number of benzene rings is 1. The lowest BCUT2D eigenvalue weighted by Gasteiger charge is -2.25. The Bertz CT molecular complexity index is 1170. The Morgan fingerprint density at radius 1 is 1.23 bits per heavy atom. The molecule has 1 fully saturated rings. The van der Waals surface area contributed by atoms with E-state index in [4.69, 9.17) is 10.5 Å². The number of nitrogens with zero attached hydrogens (tertiary/aromatic N) is 3. The summed E-state index contributed by atoms with van der Waals surface area (Å²) in [7, 11) is 0. The molecule has 2 aliphatic rings. The number of aliphatic hydroxyl groups excluding tert-OH is 2. The van der Waals surface area contributed by atoms with Crippen LogP contribution in [0.25, 0.3) is 11.0 Å². The number of halogens is 3. The molecule has 0 spiro atoms. The number of nitrogen functional groups attached to an aromatic ring is 1. The van der Waals surface area contributed by atoms with E-state index in [0.717, 1.165) is 6.07 Å². The van der Waals surface area contributed by atoms with Crippen molar-refractivity contribution in [3.63, 3.8) is 0 Å². The summed E-state index contributed by atoms with van der Waals surface area (Å²) < 4.78 is 36.7. The molecule has 5 rings (SSSR count). The Hall–Kier alpha value is -2.34. The number of aliphatic hydroxyl groups is 2. The molecule has 0 saturated heterocycles. The lowest BCUT2D eigenvalue weighted by Crippen LogP contribution is -2.35. The van der Waals surface area contributed by atoms with Crippen molar-refractivity contribution in [1.29, 1.82) is 0 Å². The minimum absolute atomic E-state index is 0.170. The Kier molecular flexibility index (Phi) is 5.08. The number of anilines is 1. The third-order valence-electron chi connectivity index (χ3n) is 6.07. The normalized spacial score (nSPS) is 25.7. The van der Waals surface area contributed by atoms with Crippen molar-refractivity contribution in [2.45, 2.75) is 43.7 Å². The van der Waals surface area contributed by atoms with Gasteiger partial charge in [0, 0.05) is 40.8 Å². The Balaban J connectivity index is 1.48. The number of hydrogen-bond donors (Lipinski definition) is 4. The summed E-state index contributed by atoms with van der Waals surface area (Å²) >= 11 is 3.44. The molecule has 1 aromatic carbocycles. The third-order valence-corrected chi connectivity index (χ3v) is 6.68. The summed E-state index contributed by atoms with van der Waals surface area (Å²) in [6.45, 7) is 0.877. The molecule has 1 aliphatic carbocycles. The van der Waals surface area contributed by atoms with E-state index < -0.39 is 36.0 Å². The molecule has 3 aromatic rings. The number of hydrogen-bond acceptors (Lipinski definition) is 7. The number of ether oxygens (including phenoxy) is 1. The highest BCUT2D eigenvalue weighted by molar-refractivity contribution is 9.10. The molecule has 0 bridgehead atoms. The predicted octanol–water partition coefficient (Wildman–Crippen LogP) is 1.81. The van der Waals surface area contributed by atoms with E-state index in [1.165, 1.54) is 6.33 Å². The first-order valence-corrected chi connectivity index (χ1v) is 10.7. The van der Waals surface area contributed by atoms with Gasteiger partial charge in [-0.3, -0.25) is 0 Å². The fourth-order valence-corrected chi connectivity index (χ4v) is 5.12. The van der Waals surface area contributed by atoms with E-state index in [1.807, 2.05) is 0 Å². The Morgan fingerprint density at radius 2 is 2.03 bits per heavy atom. The quantitative estimate of drug-likeness (QED) is 0.437. The van der Waals surface area contributed by atoms with Gasteiger partial charge in [0.2, 0.25) is 0 Å². The van der Waals surface area contributed by atoms with E-state index in [2.05, 4.69) is 31.2 Å². The van der Waals surface area contributed by atoms with E-state index in [9.17, 15) is 19.0 Å². The molecule has 0 amide bonds. The van der Waals surface area contributed by atoms with Crippen molar-refractivity contribution < 1.29 is 23.7 Å². The first-order valence-electron chi connectivity index (χ1n) is 9.86. The minimum Gasteiger partial charge on any atom is -0.487 e. The number of aromatic nitrogens is 3. The van der Waals surface area contributed by atoms with Gasteiger partial charge in [-0.05, 0) is 28.9 Å². The molecule has 3 heterocycles. The summed E-state index contributed by atoms with van der Waals surface area (Å²) in [5.41, 5.74) is 7.27. The topological polar surface area (TPSA) is 118 Å². The SMILES string of the molecule is Nc1ncnc2c1c(Br)cn2C1CC(Oc2cc(F)c(F)c3c2CNCC3)[C@@H](O)[C@H]1O. The maximum atomic E-state index is 14.2. The highest BCUT2D eigenvalue weighted by Crippen LogP contribution is 2.40. The fourth-order valence-electron chi connectivity index (χ4n) is 4.52. The Labute approximate surface area is 184 Å². The average Bonchev–Trinajstić information content (AvgIpc) is 3.24. The molecule has 11 heteroatoms. The summed E-state index contributed by atoms with van der Waals surface area (Å²) in [5, 5.41) is 25.1. The van der Waals surface area contributed by atoms with Gasteiger partial charge in [-0.2, -0.15) is 0 Å². The molecular weight excluding hydrogens is 476 g/mol. The van der Waals surface area contributed by atoms with Crippen molar-refractivity contribution in [2.24, 2.45) is 0 Å². The lowest BCUT2D eigenvalue weighted by atomic mass is 9.99. The maximum Gasteiger partial charge on any atom is 0.162 e. The maximum absolute atomic E-state index is 14.2. The van der Waals surface area contributed by atoms with Crippen LogP contribution in [0.5, 0.6) is 5.75 Å². The molecule has 8 nitrogen and oxygen atoms in total. The molecule has 1 aliphatic heterocycles. The summed E-state index contributed by atoms with van der Waals surface area (Å²) in [6, 6.07) is 0.436. The molecule has 1 saturated carbocycles. The van der Waals surface area contributed by atoms with Crippen LogP contribution in [0.15, 0.2) is 23.1 Å². The van der Waals surface area contributed by atoms with Crippen LogP contribution in [0.3, 0.4) is 0 Å². The number of rotatable bonds is 3. The number of fused-ring (bicyclic) bond motifs is 2. The second kappa shape index (κ2) is 7.66. The van der Waals surface area contributed by atoms with Crippen LogP contribution in [0.4, 0.5) is 14.6 Å². The van der Waals surface area contributed by atoms with Crippen molar-refractivity contribution in [1.82, 2.24) is 19.9 Å². The summed E-state index contributed by atoms with van der Waals surface area (Å²) in [6.07, 6.45) is 0.395. The van der Waals surface area contributed by atoms with Crippen LogP contribution in [0.1, 0.15) is 23.6 Å². The molecule has 0 radical (unpaired) electrons. The van der Waals surface area contributed by atoms with Crippen LogP contribution in [0.2, 0.25) is 0 Å². The van der Waals surface area contributed by atoms with Crippen LogP contribution >= 0.6 is 15.9 Å². The van der Waals surface area contributed by atoms with Gasteiger partial charge in [0.25, 0.3) is 0 Å². The second-order valence-corrected chi connectivity index (χ2v) is 8.69. The van der Waals surface area contributed by atoms with Gasteiger partial charge in [0.05, 0.1) is 11.4 Å². The van der Waals surface area contributed by atoms with Crippen molar-refractivity contribution in [3.8, 4) is 5.75 Å². The molecular formula is C20H20BrF2N5O3. The first kappa shape index (κ1) is 20.6. The molecule has 31 heavy (non-hydrogen) atoms. The second-order valence-electron chi connectivity index (χ2n) is 7.84. The van der Waals surface area contributed by atoms with E-state index >= 15 is 0 Å². The largest absolute Gasteiger partial charge is 0.487 e. The van der Waals surface area contributed by atoms with Gasteiger partial charge in [-0.25, -0.2) is 18.7 Å². The van der Waals surface area contributed by atoms with E-state index in [0.29, 0.717) is 40.6 Å². The van der Waals surface area contributed by atoms with E-state index in [1.54, 1.807) is 10.8 Å². The van der Waals surface area contributed by atoms with Gasteiger partial charge in [0.1, 0.15) is 41.9 Å².